The fraction of sp³-hybridized carbons (Fsp3) is 0.667. The average molecular weight is 243 g/mol. The molecular formula is C12H19ClOSi. The van der Waals surface area contributed by atoms with E-state index in [1.165, 1.54) is 31.7 Å². The highest BCUT2D eigenvalue weighted by Gasteiger charge is 2.15. The van der Waals surface area contributed by atoms with Gasteiger partial charge in [0.1, 0.15) is 5.56 Å². The van der Waals surface area contributed by atoms with Crippen molar-refractivity contribution in [2.24, 2.45) is 5.92 Å². The van der Waals surface area contributed by atoms with Crippen molar-refractivity contribution < 1.29 is 4.43 Å². The molecule has 1 nitrogen and oxygen atoms in total. The van der Waals surface area contributed by atoms with Gasteiger partial charge in [-0.15, -0.1) is 6.42 Å². The summed E-state index contributed by atoms with van der Waals surface area (Å²) in [5.41, 5.74) is 0.541. The summed E-state index contributed by atoms with van der Waals surface area (Å²) >= 11 is 5.98. The Morgan fingerprint density at radius 1 is 1.67 bits per heavy atom. The molecule has 0 aromatic carbocycles. The minimum absolute atomic E-state index is 0.311. The SMILES string of the molecule is C#CC(C)=CC(Cl)O[SiH2]CC1CCCC1. The zero-order chi connectivity index (χ0) is 11.1. The van der Waals surface area contributed by atoms with Gasteiger partial charge in [0.2, 0.25) is 0 Å². The molecule has 0 amide bonds. The van der Waals surface area contributed by atoms with Crippen molar-refractivity contribution in [2.75, 3.05) is 0 Å². The van der Waals surface area contributed by atoms with E-state index in [2.05, 4.69) is 5.92 Å². The van der Waals surface area contributed by atoms with Crippen LogP contribution in [0.5, 0.6) is 0 Å². The van der Waals surface area contributed by atoms with Gasteiger partial charge in [-0.2, -0.15) is 0 Å². The molecule has 0 aromatic heterocycles. The van der Waals surface area contributed by atoms with Crippen LogP contribution in [0.3, 0.4) is 0 Å². The lowest BCUT2D eigenvalue weighted by atomic mass is 10.1. The Labute approximate surface area is 100 Å². The number of terminal acetylenes is 1. The summed E-state index contributed by atoms with van der Waals surface area (Å²) in [4.78, 5) is 0. The van der Waals surface area contributed by atoms with Gasteiger partial charge in [-0.1, -0.05) is 43.2 Å². The van der Waals surface area contributed by atoms with Crippen molar-refractivity contribution in [1.29, 1.82) is 0 Å². The predicted molar refractivity (Wildman–Crippen MR) is 68.6 cm³/mol. The lowest BCUT2D eigenvalue weighted by molar-refractivity contribution is 0.339. The molecule has 0 radical (unpaired) electrons. The molecule has 1 fully saturated rings. The van der Waals surface area contributed by atoms with E-state index < -0.39 is 9.76 Å². The van der Waals surface area contributed by atoms with Gasteiger partial charge in [-0.25, -0.2) is 0 Å². The highest BCUT2D eigenvalue weighted by Crippen LogP contribution is 2.27. The van der Waals surface area contributed by atoms with Crippen molar-refractivity contribution in [3.05, 3.63) is 11.6 Å². The van der Waals surface area contributed by atoms with E-state index >= 15 is 0 Å². The van der Waals surface area contributed by atoms with Crippen molar-refractivity contribution in [1.82, 2.24) is 0 Å². The maximum absolute atomic E-state index is 5.98. The molecule has 0 aromatic rings. The number of rotatable bonds is 5. The summed E-state index contributed by atoms with van der Waals surface area (Å²) in [6, 6.07) is 1.27. The molecule has 1 saturated carbocycles. The molecule has 84 valence electrons. The molecule has 1 rings (SSSR count). The van der Waals surface area contributed by atoms with E-state index in [9.17, 15) is 0 Å². The monoisotopic (exact) mass is 242 g/mol. The lowest BCUT2D eigenvalue weighted by Gasteiger charge is -2.10. The Balaban J connectivity index is 2.11. The smallest absolute Gasteiger partial charge is 0.164 e. The van der Waals surface area contributed by atoms with Gasteiger partial charge in [0.25, 0.3) is 0 Å². The van der Waals surface area contributed by atoms with E-state index in [1.807, 2.05) is 13.0 Å². The molecule has 0 heterocycles. The Kier molecular flexibility index (Phi) is 6.08. The van der Waals surface area contributed by atoms with Crippen LogP contribution in [0.15, 0.2) is 11.6 Å². The fourth-order valence-electron chi connectivity index (χ4n) is 1.94. The third-order valence-electron chi connectivity index (χ3n) is 2.89. The van der Waals surface area contributed by atoms with Crippen LogP contribution >= 0.6 is 11.6 Å². The van der Waals surface area contributed by atoms with Crippen molar-refractivity contribution >= 4 is 21.4 Å². The van der Waals surface area contributed by atoms with Crippen LogP contribution in [0.1, 0.15) is 32.6 Å². The molecule has 1 atom stereocenters. The molecule has 0 N–H and O–H groups in total. The van der Waals surface area contributed by atoms with Gasteiger partial charge in [0.15, 0.2) is 9.76 Å². The Bertz CT molecular complexity index is 251. The molecule has 0 spiro atoms. The van der Waals surface area contributed by atoms with Crippen molar-refractivity contribution in [2.45, 2.75) is 44.2 Å². The van der Waals surface area contributed by atoms with Crippen LogP contribution in [0.4, 0.5) is 0 Å². The fourth-order valence-corrected chi connectivity index (χ4v) is 3.76. The number of halogens is 1. The molecule has 0 bridgehead atoms. The molecule has 1 aliphatic carbocycles. The van der Waals surface area contributed by atoms with Gasteiger partial charge in [0.05, 0.1) is 0 Å². The summed E-state index contributed by atoms with van der Waals surface area (Å²) in [6.45, 7) is 1.87. The van der Waals surface area contributed by atoms with E-state index in [4.69, 9.17) is 22.5 Å². The van der Waals surface area contributed by atoms with Gasteiger partial charge < -0.3 is 4.43 Å². The highest BCUT2D eigenvalue weighted by molar-refractivity contribution is 6.30. The minimum atomic E-state index is -0.461. The average Bonchev–Trinajstić information content (AvgIpc) is 2.70. The maximum Gasteiger partial charge on any atom is 0.164 e. The topological polar surface area (TPSA) is 9.23 Å². The Morgan fingerprint density at radius 2 is 2.33 bits per heavy atom. The highest BCUT2D eigenvalue weighted by atomic mass is 35.5. The molecule has 1 aliphatic rings. The predicted octanol–water partition coefficient (Wildman–Crippen LogP) is 2.84. The molecule has 0 aliphatic heterocycles. The van der Waals surface area contributed by atoms with Crippen molar-refractivity contribution in [3.8, 4) is 12.3 Å². The van der Waals surface area contributed by atoms with Gasteiger partial charge in [0, 0.05) is 0 Å². The van der Waals surface area contributed by atoms with Crippen LogP contribution in [0.25, 0.3) is 0 Å². The summed E-state index contributed by atoms with van der Waals surface area (Å²) < 4.78 is 5.61. The van der Waals surface area contributed by atoms with Gasteiger partial charge >= 0.3 is 0 Å². The quantitative estimate of drug-likeness (QED) is 0.409. The summed E-state index contributed by atoms with van der Waals surface area (Å²) in [5, 5.41) is 0. The first-order chi connectivity index (χ1) is 7.22. The van der Waals surface area contributed by atoms with E-state index in [0.29, 0.717) is 0 Å². The van der Waals surface area contributed by atoms with Crippen LogP contribution < -0.4 is 0 Å². The second kappa shape index (κ2) is 7.11. The summed E-state index contributed by atoms with van der Waals surface area (Å²) in [7, 11) is -0.461. The van der Waals surface area contributed by atoms with Crippen LogP contribution in [-0.2, 0) is 4.43 Å². The van der Waals surface area contributed by atoms with E-state index in [0.717, 1.165) is 11.5 Å². The van der Waals surface area contributed by atoms with Gasteiger partial charge in [-0.3, -0.25) is 0 Å². The molecule has 3 heteroatoms. The van der Waals surface area contributed by atoms with Crippen LogP contribution in [0, 0.1) is 18.3 Å². The van der Waals surface area contributed by atoms with E-state index in [-0.39, 0.29) is 5.56 Å². The first kappa shape index (κ1) is 12.8. The van der Waals surface area contributed by atoms with Crippen molar-refractivity contribution in [3.63, 3.8) is 0 Å². The zero-order valence-corrected chi connectivity index (χ0v) is 11.5. The maximum atomic E-state index is 5.98. The normalized spacial score (nSPS) is 21.0. The third kappa shape index (κ3) is 5.41. The van der Waals surface area contributed by atoms with Gasteiger partial charge in [-0.05, 0) is 30.5 Å². The molecular weight excluding hydrogens is 224 g/mol. The summed E-state index contributed by atoms with van der Waals surface area (Å²) in [5.74, 6) is 3.45. The zero-order valence-electron chi connectivity index (χ0n) is 9.34. The number of hydrogen-bond acceptors (Lipinski definition) is 1. The number of allylic oxidation sites excluding steroid dienone is 1. The largest absolute Gasteiger partial charge is 0.405 e. The lowest BCUT2D eigenvalue weighted by Crippen LogP contribution is -2.09. The second-order valence-corrected chi connectivity index (χ2v) is 5.90. The minimum Gasteiger partial charge on any atom is -0.405 e. The molecule has 15 heavy (non-hydrogen) atoms. The Morgan fingerprint density at radius 3 is 2.93 bits per heavy atom. The standard InChI is InChI=1S/C12H19ClOSi/c1-3-10(2)8-12(13)14-15-9-11-6-4-5-7-11/h1,8,11-12H,4-7,9,15H2,2H3. The summed E-state index contributed by atoms with van der Waals surface area (Å²) in [6.07, 6.45) is 12.6. The number of hydrogen-bond donors (Lipinski definition) is 0. The van der Waals surface area contributed by atoms with Crippen LogP contribution in [0.2, 0.25) is 6.04 Å². The first-order valence-corrected chi connectivity index (χ1v) is 7.64. The third-order valence-corrected chi connectivity index (χ3v) is 5.00. The first-order valence-electron chi connectivity index (χ1n) is 5.63. The second-order valence-electron chi connectivity index (χ2n) is 4.16. The molecule has 1 unspecified atom stereocenters. The Hall–Kier alpha value is -0.233. The van der Waals surface area contributed by atoms with Crippen LogP contribution in [-0.4, -0.2) is 15.3 Å². The number of alkyl halides is 1. The molecule has 0 saturated heterocycles. The van der Waals surface area contributed by atoms with E-state index in [1.54, 1.807) is 0 Å².